The highest BCUT2D eigenvalue weighted by Gasteiger charge is 2.30. The van der Waals surface area contributed by atoms with Gasteiger partial charge in [-0.2, -0.15) is 0 Å². The fourth-order valence-electron chi connectivity index (χ4n) is 1.87. The lowest BCUT2D eigenvalue weighted by Gasteiger charge is -2.14. The second kappa shape index (κ2) is 5.69. The van der Waals surface area contributed by atoms with E-state index in [0.29, 0.717) is 12.3 Å². The summed E-state index contributed by atoms with van der Waals surface area (Å²) >= 11 is 0. The van der Waals surface area contributed by atoms with E-state index in [2.05, 4.69) is 10.3 Å². The third kappa shape index (κ3) is 3.43. The standard InChI is InChI=1S/C13H16N2O4/c1-19-12-9(3-2-6-14-12)11(16)15-10(13(17)18)7-8-4-5-8/h2-3,6,8,10H,4-5,7H2,1H3,(H,15,16)(H,17,18). The lowest BCUT2D eigenvalue weighted by atomic mass is 10.1. The van der Waals surface area contributed by atoms with Crippen molar-refractivity contribution >= 4 is 11.9 Å². The predicted molar refractivity (Wildman–Crippen MR) is 67.0 cm³/mol. The van der Waals surface area contributed by atoms with Gasteiger partial charge >= 0.3 is 5.97 Å². The Bertz CT molecular complexity index is 485. The zero-order valence-electron chi connectivity index (χ0n) is 10.6. The van der Waals surface area contributed by atoms with Gasteiger partial charge < -0.3 is 15.2 Å². The SMILES string of the molecule is COc1ncccc1C(=O)NC(CC1CC1)C(=O)O. The number of rotatable bonds is 6. The zero-order valence-corrected chi connectivity index (χ0v) is 10.6. The molecule has 0 aromatic carbocycles. The quantitative estimate of drug-likeness (QED) is 0.802. The first-order valence-corrected chi connectivity index (χ1v) is 6.14. The van der Waals surface area contributed by atoms with E-state index in [4.69, 9.17) is 9.84 Å². The van der Waals surface area contributed by atoms with Gasteiger partial charge in [0.2, 0.25) is 5.88 Å². The number of pyridine rings is 1. The summed E-state index contributed by atoms with van der Waals surface area (Å²) in [5, 5.41) is 11.6. The van der Waals surface area contributed by atoms with Gasteiger partial charge in [0.1, 0.15) is 11.6 Å². The molecule has 1 unspecified atom stereocenters. The molecule has 102 valence electrons. The number of aliphatic carboxylic acids is 1. The average Bonchev–Trinajstić information content (AvgIpc) is 3.21. The van der Waals surface area contributed by atoms with Crippen LogP contribution in [0.15, 0.2) is 18.3 Å². The van der Waals surface area contributed by atoms with Crippen molar-refractivity contribution < 1.29 is 19.4 Å². The number of carbonyl (C=O) groups excluding carboxylic acids is 1. The molecule has 2 rings (SSSR count). The van der Waals surface area contributed by atoms with E-state index in [1.807, 2.05) is 0 Å². The molecule has 1 saturated carbocycles. The van der Waals surface area contributed by atoms with Crippen molar-refractivity contribution in [2.75, 3.05) is 7.11 Å². The lowest BCUT2D eigenvalue weighted by molar-refractivity contribution is -0.139. The Morgan fingerprint density at radius 3 is 2.89 bits per heavy atom. The molecule has 1 aliphatic rings. The number of carboxylic acids is 1. The molecular formula is C13H16N2O4. The number of ether oxygens (including phenoxy) is 1. The highest BCUT2D eigenvalue weighted by Crippen LogP contribution is 2.33. The van der Waals surface area contributed by atoms with E-state index >= 15 is 0 Å². The van der Waals surface area contributed by atoms with Gasteiger partial charge in [0, 0.05) is 6.20 Å². The monoisotopic (exact) mass is 264 g/mol. The molecule has 0 bridgehead atoms. The number of nitrogens with one attached hydrogen (secondary N) is 1. The molecule has 1 aliphatic carbocycles. The molecule has 1 atom stereocenters. The van der Waals surface area contributed by atoms with Crippen molar-refractivity contribution in [3.63, 3.8) is 0 Å². The topological polar surface area (TPSA) is 88.5 Å². The second-order valence-corrected chi connectivity index (χ2v) is 4.60. The van der Waals surface area contributed by atoms with Crippen molar-refractivity contribution in [1.82, 2.24) is 10.3 Å². The molecule has 1 heterocycles. The number of hydrogen-bond acceptors (Lipinski definition) is 4. The lowest BCUT2D eigenvalue weighted by Crippen LogP contribution is -2.41. The summed E-state index contributed by atoms with van der Waals surface area (Å²) in [4.78, 5) is 27.1. The van der Waals surface area contributed by atoms with Gasteiger partial charge in [-0.3, -0.25) is 4.79 Å². The molecule has 0 radical (unpaired) electrons. The normalized spacial score (nSPS) is 15.6. The predicted octanol–water partition coefficient (Wildman–Crippen LogP) is 1.07. The third-order valence-corrected chi connectivity index (χ3v) is 3.08. The Morgan fingerprint density at radius 1 is 1.58 bits per heavy atom. The number of nitrogens with zero attached hydrogens (tertiary/aromatic N) is 1. The molecule has 0 aliphatic heterocycles. The number of amides is 1. The Hall–Kier alpha value is -2.11. The first-order chi connectivity index (χ1) is 9.11. The summed E-state index contributed by atoms with van der Waals surface area (Å²) in [5.74, 6) is -0.881. The summed E-state index contributed by atoms with van der Waals surface area (Å²) in [7, 11) is 1.41. The minimum Gasteiger partial charge on any atom is -0.480 e. The molecule has 6 heteroatoms. The molecular weight excluding hydrogens is 248 g/mol. The minimum absolute atomic E-state index is 0.190. The van der Waals surface area contributed by atoms with Gasteiger partial charge in [-0.1, -0.05) is 12.8 Å². The Morgan fingerprint density at radius 2 is 2.32 bits per heavy atom. The van der Waals surface area contributed by atoms with E-state index in [9.17, 15) is 9.59 Å². The third-order valence-electron chi connectivity index (χ3n) is 3.08. The van der Waals surface area contributed by atoms with Gasteiger partial charge in [0.15, 0.2) is 0 Å². The van der Waals surface area contributed by atoms with E-state index in [1.165, 1.54) is 13.3 Å². The molecule has 6 nitrogen and oxygen atoms in total. The van der Waals surface area contributed by atoms with Crippen LogP contribution in [-0.2, 0) is 4.79 Å². The summed E-state index contributed by atoms with van der Waals surface area (Å²) in [6.07, 6.45) is 4.06. The fraction of sp³-hybridized carbons (Fsp3) is 0.462. The van der Waals surface area contributed by atoms with Crippen molar-refractivity contribution in [1.29, 1.82) is 0 Å². The largest absolute Gasteiger partial charge is 0.480 e. The van der Waals surface area contributed by atoms with Crippen molar-refractivity contribution in [3.05, 3.63) is 23.9 Å². The van der Waals surface area contributed by atoms with E-state index < -0.39 is 17.9 Å². The summed E-state index contributed by atoms with van der Waals surface area (Å²) in [6.45, 7) is 0. The van der Waals surface area contributed by atoms with Crippen LogP contribution < -0.4 is 10.1 Å². The number of methoxy groups -OCH3 is 1. The van der Waals surface area contributed by atoms with Crippen molar-refractivity contribution in [2.45, 2.75) is 25.3 Å². The highest BCUT2D eigenvalue weighted by atomic mass is 16.5. The summed E-state index contributed by atoms with van der Waals surface area (Å²) in [6, 6.07) is 2.30. The van der Waals surface area contributed by atoms with Crippen molar-refractivity contribution in [3.8, 4) is 5.88 Å². The maximum Gasteiger partial charge on any atom is 0.326 e. The molecule has 1 amide bonds. The number of aromatic nitrogens is 1. The Labute approximate surface area is 110 Å². The van der Waals surface area contributed by atoms with E-state index in [1.54, 1.807) is 12.1 Å². The van der Waals surface area contributed by atoms with Crippen LogP contribution in [0.2, 0.25) is 0 Å². The zero-order chi connectivity index (χ0) is 13.8. The Kier molecular flexibility index (Phi) is 3.99. The fourth-order valence-corrected chi connectivity index (χ4v) is 1.87. The Balaban J connectivity index is 2.07. The first kappa shape index (κ1) is 13.3. The maximum atomic E-state index is 12.0. The van der Waals surface area contributed by atoms with E-state index in [0.717, 1.165) is 12.8 Å². The molecule has 0 saturated heterocycles. The summed E-state index contributed by atoms with van der Waals surface area (Å²) < 4.78 is 4.98. The number of hydrogen-bond donors (Lipinski definition) is 2. The maximum absolute atomic E-state index is 12.0. The van der Waals surface area contributed by atoms with Gasteiger partial charge in [0.05, 0.1) is 7.11 Å². The highest BCUT2D eigenvalue weighted by molar-refractivity contribution is 5.98. The van der Waals surface area contributed by atoms with Crippen molar-refractivity contribution in [2.24, 2.45) is 5.92 Å². The number of carboxylic acid groups (broad SMARTS) is 1. The first-order valence-electron chi connectivity index (χ1n) is 6.14. The molecule has 2 N–H and O–H groups in total. The smallest absolute Gasteiger partial charge is 0.326 e. The molecule has 19 heavy (non-hydrogen) atoms. The van der Waals surface area contributed by atoms with Crippen LogP contribution in [0.4, 0.5) is 0 Å². The number of carbonyl (C=O) groups is 2. The van der Waals surface area contributed by atoms with Gasteiger partial charge in [-0.15, -0.1) is 0 Å². The molecule has 1 aromatic rings. The van der Waals surface area contributed by atoms with E-state index in [-0.39, 0.29) is 11.4 Å². The average molecular weight is 264 g/mol. The van der Waals surface area contributed by atoms with Crippen LogP contribution in [0.3, 0.4) is 0 Å². The molecule has 1 fully saturated rings. The van der Waals surface area contributed by atoms with Crippen LogP contribution in [-0.4, -0.2) is 35.1 Å². The molecule has 1 aromatic heterocycles. The van der Waals surface area contributed by atoms with Gasteiger partial charge in [-0.05, 0) is 24.5 Å². The summed E-state index contributed by atoms with van der Waals surface area (Å²) in [5.41, 5.74) is 0.243. The van der Waals surface area contributed by atoms with Crippen LogP contribution in [0.5, 0.6) is 5.88 Å². The van der Waals surface area contributed by atoms with Crippen LogP contribution in [0.1, 0.15) is 29.6 Å². The van der Waals surface area contributed by atoms with Crippen LogP contribution in [0, 0.1) is 5.92 Å². The van der Waals surface area contributed by atoms with Gasteiger partial charge in [-0.25, -0.2) is 9.78 Å². The van der Waals surface area contributed by atoms with Crippen LogP contribution in [0.25, 0.3) is 0 Å². The second-order valence-electron chi connectivity index (χ2n) is 4.60. The van der Waals surface area contributed by atoms with Gasteiger partial charge in [0.25, 0.3) is 5.91 Å². The molecule has 0 spiro atoms. The minimum atomic E-state index is -1.01. The van der Waals surface area contributed by atoms with Crippen LogP contribution >= 0.6 is 0 Å².